The largest absolute Gasteiger partial charge is 0.465 e. The quantitative estimate of drug-likeness (QED) is 0.845. The Morgan fingerprint density at radius 3 is 2.84 bits per heavy atom. The van der Waals surface area contributed by atoms with Crippen molar-refractivity contribution in [1.29, 1.82) is 0 Å². The summed E-state index contributed by atoms with van der Waals surface area (Å²) >= 11 is 3.35. The van der Waals surface area contributed by atoms with Gasteiger partial charge in [0.25, 0.3) is 0 Å². The van der Waals surface area contributed by atoms with Gasteiger partial charge in [-0.05, 0) is 47.8 Å². The lowest BCUT2D eigenvalue weighted by molar-refractivity contribution is -0.146. The molecule has 2 rings (SSSR count). The number of carbonyl (C=O) groups excluding carboxylic acids is 1. The van der Waals surface area contributed by atoms with Gasteiger partial charge in [-0.2, -0.15) is 0 Å². The van der Waals surface area contributed by atoms with E-state index in [1.54, 1.807) is 6.20 Å². The van der Waals surface area contributed by atoms with Crippen molar-refractivity contribution in [3.05, 3.63) is 28.5 Å². The summed E-state index contributed by atoms with van der Waals surface area (Å²) < 4.78 is 6.05. The molecule has 104 valence electrons. The number of hydrogen-bond acceptors (Lipinski definition) is 4. The number of nitrogens with zero attached hydrogens (tertiary/aromatic N) is 1. The van der Waals surface area contributed by atoms with Crippen LogP contribution >= 0.6 is 15.9 Å². The molecular formula is C14H19BrN2O2. The number of rotatable bonds is 5. The summed E-state index contributed by atoms with van der Waals surface area (Å²) in [5.74, 6) is -0.246. The van der Waals surface area contributed by atoms with E-state index in [1.807, 2.05) is 19.1 Å². The second kappa shape index (κ2) is 7.01. The van der Waals surface area contributed by atoms with E-state index in [4.69, 9.17) is 4.74 Å². The number of esters is 1. The number of ether oxygens (including phenoxy) is 1. The zero-order chi connectivity index (χ0) is 13.7. The van der Waals surface area contributed by atoms with E-state index in [0.717, 1.165) is 17.3 Å². The van der Waals surface area contributed by atoms with Gasteiger partial charge in [-0.3, -0.25) is 10.3 Å². The van der Waals surface area contributed by atoms with Crippen molar-refractivity contribution in [2.24, 2.45) is 0 Å². The van der Waals surface area contributed by atoms with Gasteiger partial charge in [0.2, 0.25) is 0 Å². The Bertz CT molecular complexity index is 416. The molecule has 1 N–H and O–H groups in total. The van der Waals surface area contributed by atoms with Crippen molar-refractivity contribution >= 4 is 21.9 Å². The van der Waals surface area contributed by atoms with Crippen molar-refractivity contribution < 1.29 is 9.53 Å². The first-order chi connectivity index (χ1) is 9.20. The zero-order valence-corrected chi connectivity index (χ0v) is 12.6. The van der Waals surface area contributed by atoms with Crippen LogP contribution in [0.25, 0.3) is 0 Å². The van der Waals surface area contributed by atoms with E-state index in [9.17, 15) is 4.79 Å². The highest BCUT2D eigenvalue weighted by atomic mass is 79.9. The molecule has 1 aromatic rings. The van der Waals surface area contributed by atoms with E-state index in [0.29, 0.717) is 18.3 Å². The molecule has 5 heteroatoms. The molecule has 0 radical (unpaired) electrons. The van der Waals surface area contributed by atoms with E-state index >= 15 is 0 Å². The van der Waals surface area contributed by atoms with E-state index in [1.165, 1.54) is 12.8 Å². The molecule has 0 aliphatic heterocycles. The van der Waals surface area contributed by atoms with Crippen LogP contribution in [-0.2, 0) is 9.53 Å². The average molecular weight is 327 g/mol. The van der Waals surface area contributed by atoms with Gasteiger partial charge < -0.3 is 4.74 Å². The van der Waals surface area contributed by atoms with E-state index in [-0.39, 0.29) is 5.97 Å². The minimum absolute atomic E-state index is 0.246. The molecule has 1 atom stereocenters. The van der Waals surface area contributed by atoms with Crippen molar-refractivity contribution in [3.63, 3.8) is 0 Å². The summed E-state index contributed by atoms with van der Waals surface area (Å²) in [4.78, 5) is 16.4. The van der Waals surface area contributed by atoms with Gasteiger partial charge in [0.15, 0.2) is 0 Å². The van der Waals surface area contributed by atoms with Gasteiger partial charge in [0.1, 0.15) is 6.04 Å². The van der Waals surface area contributed by atoms with Gasteiger partial charge in [-0.1, -0.05) is 12.8 Å². The molecule has 1 fully saturated rings. The molecule has 0 saturated heterocycles. The van der Waals surface area contributed by atoms with Crippen LogP contribution in [0, 0.1) is 0 Å². The molecular weight excluding hydrogens is 308 g/mol. The Morgan fingerprint density at radius 1 is 1.53 bits per heavy atom. The van der Waals surface area contributed by atoms with Crippen molar-refractivity contribution in [3.8, 4) is 0 Å². The van der Waals surface area contributed by atoms with Gasteiger partial charge in [-0.15, -0.1) is 0 Å². The smallest absolute Gasteiger partial charge is 0.329 e. The molecule has 1 aliphatic carbocycles. The predicted octanol–water partition coefficient (Wildman–Crippen LogP) is 2.98. The summed E-state index contributed by atoms with van der Waals surface area (Å²) in [5, 5.41) is 3.38. The highest BCUT2D eigenvalue weighted by Crippen LogP contribution is 2.23. The maximum absolute atomic E-state index is 12.1. The Morgan fingerprint density at radius 2 is 2.26 bits per heavy atom. The van der Waals surface area contributed by atoms with Crippen molar-refractivity contribution in [1.82, 2.24) is 10.3 Å². The molecule has 1 saturated carbocycles. The number of hydrogen-bond donors (Lipinski definition) is 1. The lowest BCUT2D eigenvalue weighted by Gasteiger charge is -2.21. The third kappa shape index (κ3) is 4.01. The van der Waals surface area contributed by atoms with Gasteiger partial charge >= 0.3 is 5.97 Å². The van der Waals surface area contributed by atoms with Crippen molar-refractivity contribution in [2.45, 2.75) is 44.7 Å². The first kappa shape index (κ1) is 14.5. The van der Waals surface area contributed by atoms with Crippen LogP contribution in [-0.4, -0.2) is 23.6 Å². The fraction of sp³-hybridized carbons (Fsp3) is 0.571. The summed E-state index contributed by atoms with van der Waals surface area (Å²) in [5.41, 5.74) is 0.716. The second-order valence-corrected chi connectivity index (χ2v) is 5.65. The van der Waals surface area contributed by atoms with Crippen LogP contribution < -0.4 is 5.32 Å². The maximum Gasteiger partial charge on any atom is 0.329 e. The van der Waals surface area contributed by atoms with Gasteiger partial charge in [0, 0.05) is 16.7 Å². The first-order valence-corrected chi connectivity index (χ1v) is 7.54. The van der Waals surface area contributed by atoms with Crippen LogP contribution in [0.2, 0.25) is 0 Å². The summed E-state index contributed by atoms with van der Waals surface area (Å²) in [6.45, 7) is 2.21. The van der Waals surface area contributed by atoms with Crippen LogP contribution in [0.4, 0.5) is 0 Å². The van der Waals surface area contributed by atoms with Gasteiger partial charge in [0.05, 0.1) is 12.3 Å². The van der Waals surface area contributed by atoms with Crippen LogP contribution in [0.5, 0.6) is 0 Å². The first-order valence-electron chi connectivity index (χ1n) is 6.75. The highest BCUT2D eigenvalue weighted by Gasteiger charge is 2.27. The monoisotopic (exact) mass is 326 g/mol. The zero-order valence-electron chi connectivity index (χ0n) is 11.1. The third-order valence-electron chi connectivity index (χ3n) is 3.33. The normalized spacial score (nSPS) is 17.4. The lowest BCUT2D eigenvalue weighted by atomic mass is 10.1. The number of pyridine rings is 1. The SMILES string of the molecule is CCOC(=O)C(NC1CCCC1)c1ccc(Br)cn1. The maximum atomic E-state index is 12.1. The standard InChI is InChI=1S/C14H19BrN2O2/c1-2-19-14(18)13(17-11-5-3-4-6-11)12-8-7-10(15)9-16-12/h7-9,11,13,17H,2-6H2,1H3. The average Bonchev–Trinajstić information content (AvgIpc) is 2.90. The minimum atomic E-state index is -0.462. The molecule has 1 aromatic heterocycles. The molecule has 0 bridgehead atoms. The lowest BCUT2D eigenvalue weighted by Crippen LogP contribution is -2.37. The molecule has 4 nitrogen and oxygen atoms in total. The number of aromatic nitrogens is 1. The van der Waals surface area contributed by atoms with Crippen LogP contribution in [0.15, 0.2) is 22.8 Å². The Labute approximate surface area is 122 Å². The summed E-state index contributed by atoms with van der Waals surface area (Å²) in [6.07, 6.45) is 6.39. The Balaban J connectivity index is 2.12. The van der Waals surface area contributed by atoms with E-state index in [2.05, 4.69) is 26.2 Å². The fourth-order valence-corrected chi connectivity index (χ4v) is 2.62. The second-order valence-electron chi connectivity index (χ2n) is 4.73. The molecule has 1 aliphatic rings. The molecule has 19 heavy (non-hydrogen) atoms. The fourth-order valence-electron chi connectivity index (χ4n) is 2.39. The minimum Gasteiger partial charge on any atom is -0.465 e. The molecule has 1 unspecified atom stereocenters. The van der Waals surface area contributed by atoms with Gasteiger partial charge in [-0.25, -0.2) is 4.79 Å². The van der Waals surface area contributed by atoms with Crippen molar-refractivity contribution in [2.75, 3.05) is 6.61 Å². The topological polar surface area (TPSA) is 51.2 Å². The predicted molar refractivity (Wildman–Crippen MR) is 76.7 cm³/mol. The van der Waals surface area contributed by atoms with Crippen LogP contribution in [0.1, 0.15) is 44.3 Å². The molecule has 1 heterocycles. The molecule has 0 amide bonds. The Kier molecular flexibility index (Phi) is 5.34. The molecule has 0 aromatic carbocycles. The number of halogens is 1. The number of nitrogens with one attached hydrogen (secondary N) is 1. The summed E-state index contributed by atoms with van der Waals surface area (Å²) in [6, 6.07) is 3.68. The number of carbonyl (C=O) groups is 1. The molecule has 0 spiro atoms. The Hall–Kier alpha value is -0.940. The highest BCUT2D eigenvalue weighted by molar-refractivity contribution is 9.10. The third-order valence-corrected chi connectivity index (χ3v) is 3.79. The van der Waals surface area contributed by atoms with E-state index < -0.39 is 6.04 Å². The summed E-state index contributed by atoms with van der Waals surface area (Å²) in [7, 11) is 0. The van der Waals surface area contributed by atoms with Crippen LogP contribution in [0.3, 0.4) is 0 Å².